The fraction of sp³-hybridized carbons (Fsp3) is 0.947. The first-order valence-electron chi connectivity index (χ1n) is 9.71. The molecule has 2 atom stereocenters. The normalized spacial score (nSPS) is 20.5. The van der Waals surface area contributed by atoms with Crippen LogP contribution in [0.25, 0.3) is 0 Å². The molecular formula is C19H38N2O3. The van der Waals surface area contributed by atoms with Gasteiger partial charge in [0.05, 0.1) is 12.0 Å². The van der Waals surface area contributed by atoms with Crippen LogP contribution in [0.3, 0.4) is 0 Å². The van der Waals surface area contributed by atoms with Crippen LogP contribution in [0, 0.1) is 11.3 Å². The van der Waals surface area contributed by atoms with Crippen molar-refractivity contribution in [3.05, 3.63) is 0 Å². The average Bonchev–Trinajstić information content (AvgIpc) is 2.58. The highest BCUT2D eigenvalue weighted by molar-refractivity contribution is 5.82. The molecule has 2 unspecified atom stereocenters. The summed E-state index contributed by atoms with van der Waals surface area (Å²) >= 11 is 0. The van der Waals surface area contributed by atoms with E-state index in [4.69, 9.17) is 9.57 Å². The van der Waals surface area contributed by atoms with Crippen molar-refractivity contribution in [3.63, 3.8) is 0 Å². The Morgan fingerprint density at radius 1 is 1.25 bits per heavy atom. The van der Waals surface area contributed by atoms with E-state index >= 15 is 0 Å². The molecule has 1 N–H and O–H groups in total. The SMILES string of the molecule is CCCN(CC)CC1CON=C(C(CO)(CCC)CCC(C)C)O1. The van der Waals surface area contributed by atoms with Gasteiger partial charge in [-0.15, -0.1) is 0 Å². The van der Waals surface area contributed by atoms with Crippen molar-refractivity contribution in [1.82, 2.24) is 4.90 Å². The zero-order chi connectivity index (χ0) is 18.0. The topological polar surface area (TPSA) is 54.3 Å². The molecule has 0 radical (unpaired) electrons. The maximum absolute atomic E-state index is 10.1. The second-order valence-corrected chi connectivity index (χ2v) is 7.45. The van der Waals surface area contributed by atoms with Crippen LogP contribution in [-0.4, -0.2) is 54.9 Å². The van der Waals surface area contributed by atoms with Crippen LogP contribution in [0.1, 0.15) is 66.7 Å². The minimum Gasteiger partial charge on any atom is -0.470 e. The highest BCUT2D eigenvalue weighted by atomic mass is 16.7. The first-order valence-corrected chi connectivity index (χ1v) is 9.71. The summed E-state index contributed by atoms with van der Waals surface area (Å²) in [7, 11) is 0. The van der Waals surface area contributed by atoms with Crippen LogP contribution < -0.4 is 0 Å². The van der Waals surface area contributed by atoms with E-state index in [1.807, 2.05) is 0 Å². The van der Waals surface area contributed by atoms with Gasteiger partial charge in [0.1, 0.15) is 6.10 Å². The maximum Gasteiger partial charge on any atom is 0.234 e. The van der Waals surface area contributed by atoms with E-state index in [9.17, 15) is 5.11 Å². The highest BCUT2D eigenvalue weighted by Crippen LogP contribution is 2.35. The van der Waals surface area contributed by atoms with Crippen molar-refractivity contribution < 1.29 is 14.7 Å². The third kappa shape index (κ3) is 6.25. The Morgan fingerprint density at radius 3 is 2.54 bits per heavy atom. The van der Waals surface area contributed by atoms with Crippen molar-refractivity contribution in [2.45, 2.75) is 72.8 Å². The lowest BCUT2D eigenvalue weighted by Gasteiger charge is -2.37. The fourth-order valence-electron chi connectivity index (χ4n) is 3.30. The summed E-state index contributed by atoms with van der Waals surface area (Å²) in [6, 6.07) is 0. The summed E-state index contributed by atoms with van der Waals surface area (Å²) in [5.74, 6) is 1.20. The van der Waals surface area contributed by atoms with Crippen LogP contribution >= 0.6 is 0 Å². The molecule has 5 nitrogen and oxygen atoms in total. The van der Waals surface area contributed by atoms with Gasteiger partial charge in [0.25, 0.3) is 0 Å². The van der Waals surface area contributed by atoms with Crippen molar-refractivity contribution in [1.29, 1.82) is 0 Å². The van der Waals surface area contributed by atoms with Gasteiger partial charge in [-0.2, -0.15) is 0 Å². The Kier molecular flexibility index (Phi) is 9.67. The van der Waals surface area contributed by atoms with E-state index < -0.39 is 5.41 Å². The minimum atomic E-state index is -0.403. The lowest BCUT2D eigenvalue weighted by Crippen LogP contribution is -2.46. The van der Waals surface area contributed by atoms with Gasteiger partial charge in [0, 0.05) is 6.54 Å². The van der Waals surface area contributed by atoms with E-state index in [0.717, 1.165) is 51.7 Å². The van der Waals surface area contributed by atoms with Gasteiger partial charge in [-0.3, -0.25) is 4.90 Å². The highest BCUT2D eigenvalue weighted by Gasteiger charge is 2.40. The lowest BCUT2D eigenvalue weighted by molar-refractivity contribution is -0.0266. The van der Waals surface area contributed by atoms with Crippen LogP contribution in [-0.2, 0) is 9.57 Å². The third-order valence-electron chi connectivity index (χ3n) is 4.82. The molecule has 0 aliphatic carbocycles. The first-order chi connectivity index (χ1) is 11.5. The van der Waals surface area contributed by atoms with Crippen molar-refractivity contribution in [2.24, 2.45) is 16.5 Å². The lowest BCUT2D eigenvalue weighted by atomic mass is 9.78. The van der Waals surface area contributed by atoms with Gasteiger partial charge < -0.3 is 14.7 Å². The Morgan fingerprint density at radius 2 is 2.00 bits per heavy atom. The summed E-state index contributed by atoms with van der Waals surface area (Å²) in [5, 5.41) is 14.4. The third-order valence-corrected chi connectivity index (χ3v) is 4.82. The van der Waals surface area contributed by atoms with Crippen LogP contribution in [0.15, 0.2) is 5.16 Å². The largest absolute Gasteiger partial charge is 0.470 e. The zero-order valence-corrected chi connectivity index (χ0v) is 16.4. The fourth-order valence-corrected chi connectivity index (χ4v) is 3.30. The van der Waals surface area contributed by atoms with Crippen LogP contribution in [0.2, 0.25) is 0 Å². The monoisotopic (exact) mass is 342 g/mol. The second kappa shape index (κ2) is 10.9. The van der Waals surface area contributed by atoms with Crippen molar-refractivity contribution >= 4 is 5.90 Å². The Bertz CT molecular complexity index is 374. The Hall–Kier alpha value is -0.810. The van der Waals surface area contributed by atoms with Crippen LogP contribution in [0.5, 0.6) is 0 Å². The molecule has 142 valence electrons. The van der Waals surface area contributed by atoms with E-state index in [2.05, 4.69) is 44.7 Å². The van der Waals surface area contributed by atoms with Gasteiger partial charge in [0.2, 0.25) is 5.90 Å². The molecule has 1 aliphatic heterocycles. The molecule has 0 amide bonds. The number of nitrogens with zero attached hydrogens (tertiary/aromatic N) is 2. The van der Waals surface area contributed by atoms with E-state index in [-0.39, 0.29) is 12.7 Å². The van der Waals surface area contributed by atoms with Crippen molar-refractivity contribution in [2.75, 3.05) is 32.8 Å². The molecule has 0 spiro atoms. The molecule has 24 heavy (non-hydrogen) atoms. The smallest absolute Gasteiger partial charge is 0.234 e. The van der Waals surface area contributed by atoms with Gasteiger partial charge in [-0.05, 0) is 44.7 Å². The van der Waals surface area contributed by atoms with Crippen LogP contribution in [0.4, 0.5) is 0 Å². The number of oxime groups is 1. The van der Waals surface area contributed by atoms with E-state index in [1.165, 1.54) is 0 Å². The molecule has 5 heteroatoms. The average molecular weight is 343 g/mol. The number of ether oxygens (including phenoxy) is 1. The number of rotatable bonds is 12. The molecule has 1 aliphatic rings. The summed E-state index contributed by atoms with van der Waals surface area (Å²) < 4.78 is 6.23. The van der Waals surface area contributed by atoms with Gasteiger partial charge in [-0.25, -0.2) is 0 Å². The van der Waals surface area contributed by atoms with Crippen molar-refractivity contribution in [3.8, 4) is 0 Å². The number of hydrogen-bond donors (Lipinski definition) is 1. The second-order valence-electron chi connectivity index (χ2n) is 7.45. The Labute approximate surface area is 148 Å². The predicted molar refractivity (Wildman–Crippen MR) is 99.2 cm³/mol. The molecule has 1 rings (SSSR count). The summed E-state index contributed by atoms with van der Waals surface area (Å²) in [4.78, 5) is 7.88. The summed E-state index contributed by atoms with van der Waals surface area (Å²) in [6.07, 6.45) is 4.92. The van der Waals surface area contributed by atoms with E-state index in [1.54, 1.807) is 0 Å². The van der Waals surface area contributed by atoms with Gasteiger partial charge >= 0.3 is 0 Å². The molecule has 0 bridgehead atoms. The first kappa shape index (κ1) is 21.2. The molecular weight excluding hydrogens is 304 g/mol. The maximum atomic E-state index is 10.1. The Balaban J connectivity index is 2.80. The number of aliphatic hydroxyl groups excluding tert-OH is 1. The standard InChI is InChI=1S/C19H38N2O3/c1-6-10-19(15-22,11-9-16(4)5)18-20-23-14-17(24-18)13-21(8-3)12-7-2/h16-17,22H,6-15H2,1-5H3. The predicted octanol–water partition coefficient (Wildman–Crippen LogP) is 3.66. The number of likely N-dealkylation sites (N-methyl/N-ethyl adjacent to an activating group) is 1. The molecule has 0 saturated heterocycles. The zero-order valence-electron chi connectivity index (χ0n) is 16.4. The molecule has 0 aromatic heterocycles. The quantitative estimate of drug-likeness (QED) is 0.588. The molecule has 0 fully saturated rings. The van der Waals surface area contributed by atoms with Gasteiger partial charge in [-0.1, -0.05) is 46.2 Å². The molecule has 0 aromatic carbocycles. The van der Waals surface area contributed by atoms with E-state index in [0.29, 0.717) is 18.4 Å². The summed E-state index contributed by atoms with van der Waals surface area (Å²) in [6.45, 7) is 14.4. The minimum absolute atomic E-state index is 0.00849. The molecule has 1 heterocycles. The van der Waals surface area contributed by atoms with Gasteiger partial charge in [0.15, 0.2) is 6.61 Å². The number of aliphatic hydroxyl groups is 1. The summed E-state index contributed by atoms with van der Waals surface area (Å²) in [5.41, 5.74) is -0.403. The molecule has 0 aromatic rings. The molecule has 0 saturated carbocycles. The number of hydrogen-bond acceptors (Lipinski definition) is 5.